The van der Waals surface area contributed by atoms with Crippen LogP contribution in [0.3, 0.4) is 0 Å². The predicted molar refractivity (Wildman–Crippen MR) is 98.9 cm³/mol. The largest absolute Gasteiger partial charge is 0.423 e. The van der Waals surface area contributed by atoms with Crippen LogP contribution >= 0.6 is 0 Å². The van der Waals surface area contributed by atoms with E-state index in [2.05, 4.69) is 20.4 Å². The van der Waals surface area contributed by atoms with Crippen LogP contribution in [0.2, 0.25) is 0 Å². The first kappa shape index (κ1) is 17.2. The number of amides is 1. The summed E-state index contributed by atoms with van der Waals surface area (Å²) in [6.07, 6.45) is 6.73. The zero-order valence-electron chi connectivity index (χ0n) is 15.3. The van der Waals surface area contributed by atoms with E-state index in [1.54, 1.807) is 0 Å². The molecule has 2 heterocycles. The number of anilines is 1. The number of nitrogens with zero attached hydrogens (tertiary/aromatic N) is 3. The number of piperidine rings is 1. The minimum absolute atomic E-state index is 0.000477. The highest BCUT2D eigenvalue weighted by molar-refractivity contribution is 5.92. The number of hydrogen-bond donors (Lipinski definition) is 1. The van der Waals surface area contributed by atoms with Gasteiger partial charge in [0.15, 0.2) is 0 Å². The summed E-state index contributed by atoms with van der Waals surface area (Å²) in [7, 11) is 0. The Hall–Kier alpha value is -2.21. The Kier molecular flexibility index (Phi) is 5.02. The molecule has 1 atom stereocenters. The van der Waals surface area contributed by atoms with Crippen molar-refractivity contribution in [2.24, 2.45) is 0 Å². The topological polar surface area (TPSA) is 71.3 Å². The van der Waals surface area contributed by atoms with Gasteiger partial charge in [0.25, 0.3) is 0 Å². The Labute approximate surface area is 154 Å². The molecule has 4 rings (SSSR count). The molecule has 2 aliphatic rings. The molecule has 1 saturated carbocycles. The number of rotatable bonds is 5. The lowest BCUT2D eigenvalue weighted by atomic mass is 9.85. The van der Waals surface area contributed by atoms with Crippen LogP contribution in [-0.4, -0.2) is 34.1 Å². The molecule has 6 nitrogen and oxygen atoms in total. The van der Waals surface area contributed by atoms with Crippen molar-refractivity contribution >= 4 is 11.6 Å². The van der Waals surface area contributed by atoms with Crippen molar-refractivity contribution in [2.75, 3.05) is 18.4 Å². The molecule has 2 aromatic rings. The summed E-state index contributed by atoms with van der Waals surface area (Å²) >= 11 is 0. The Morgan fingerprint density at radius 2 is 1.88 bits per heavy atom. The monoisotopic (exact) mass is 354 g/mol. The van der Waals surface area contributed by atoms with Crippen LogP contribution in [0.25, 0.3) is 0 Å². The zero-order chi connectivity index (χ0) is 17.9. The van der Waals surface area contributed by atoms with Crippen molar-refractivity contribution in [1.29, 1.82) is 0 Å². The van der Waals surface area contributed by atoms with Crippen LogP contribution in [0.1, 0.15) is 67.8 Å². The first-order valence-electron chi connectivity index (χ1n) is 9.63. The Morgan fingerprint density at radius 1 is 1.12 bits per heavy atom. The molecular weight excluding hydrogens is 328 g/mol. The average molecular weight is 354 g/mol. The smallest absolute Gasteiger partial charge is 0.238 e. The van der Waals surface area contributed by atoms with Gasteiger partial charge < -0.3 is 9.73 Å². The maximum atomic E-state index is 12.5. The molecule has 138 valence electrons. The van der Waals surface area contributed by atoms with Gasteiger partial charge in [-0.05, 0) is 51.3 Å². The molecule has 0 radical (unpaired) electrons. The molecule has 6 heteroatoms. The summed E-state index contributed by atoms with van der Waals surface area (Å²) in [5.74, 6) is 1.90. The highest BCUT2D eigenvalue weighted by Gasteiger charge is 2.32. The van der Waals surface area contributed by atoms with Gasteiger partial charge in [0.2, 0.25) is 17.7 Å². The van der Waals surface area contributed by atoms with Crippen LogP contribution in [-0.2, 0) is 4.79 Å². The molecule has 1 aromatic carbocycles. The molecule has 1 aliphatic heterocycles. The van der Waals surface area contributed by atoms with Crippen molar-refractivity contribution in [3.05, 3.63) is 41.6 Å². The average Bonchev–Trinajstić information content (AvgIpc) is 3.05. The lowest BCUT2D eigenvalue weighted by Crippen LogP contribution is -2.39. The van der Waals surface area contributed by atoms with Crippen molar-refractivity contribution in [3.8, 4) is 0 Å². The minimum atomic E-state index is -0.000477. The molecule has 26 heavy (non-hydrogen) atoms. The molecule has 1 N–H and O–H groups in total. The van der Waals surface area contributed by atoms with Crippen LogP contribution in [0.15, 0.2) is 28.7 Å². The molecule has 1 saturated heterocycles. The third-order valence-corrected chi connectivity index (χ3v) is 5.49. The molecule has 0 bridgehead atoms. The first-order valence-corrected chi connectivity index (χ1v) is 9.63. The summed E-state index contributed by atoms with van der Waals surface area (Å²) in [6.45, 7) is 3.26. The predicted octanol–water partition coefficient (Wildman–Crippen LogP) is 3.81. The Bertz CT molecular complexity index is 751. The normalized spacial score (nSPS) is 21.3. The zero-order valence-corrected chi connectivity index (χ0v) is 15.3. The van der Waals surface area contributed by atoms with E-state index in [1.807, 2.05) is 31.2 Å². The molecule has 2 fully saturated rings. The number of carbonyl (C=O) groups is 1. The van der Waals surface area contributed by atoms with Crippen molar-refractivity contribution in [3.63, 3.8) is 0 Å². The van der Waals surface area contributed by atoms with E-state index in [4.69, 9.17) is 4.42 Å². The summed E-state index contributed by atoms with van der Waals surface area (Å²) in [6, 6.07) is 7.92. The fourth-order valence-corrected chi connectivity index (χ4v) is 3.68. The number of nitrogens with one attached hydrogen (secondary N) is 1. The lowest BCUT2D eigenvalue weighted by molar-refractivity contribution is -0.118. The van der Waals surface area contributed by atoms with Gasteiger partial charge in [-0.25, -0.2) is 0 Å². The fourth-order valence-electron chi connectivity index (χ4n) is 3.68. The van der Waals surface area contributed by atoms with Crippen LogP contribution < -0.4 is 5.32 Å². The van der Waals surface area contributed by atoms with Crippen molar-refractivity contribution in [1.82, 2.24) is 15.1 Å². The maximum Gasteiger partial charge on any atom is 0.238 e. The van der Waals surface area contributed by atoms with Gasteiger partial charge in [-0.15, -0.1) is 10.2 Å². The maximum absolute atomic E-state index is 12.5. The van der Waals surface area contributed by atoms with E-state index in [9.17, 15) is 4.79 Å². The molecule has 1 aliphatic carbocycles. The highest BCUT2D eigenvalue weighted by Crippen LogP contribution is 2.37. The number of likely N-dealkylation sites (tertiary alicyclic amines) is 1. The van der Waals surface area contributed by atoms with Crippen molar-refractivity contribution in [2.45, 2.75) is 57.4 Å². The highest BCUT2D eigenvalue weighted by atomic mass is 16.4. The second-order valence-corrected chi connectivity index (χ2v) is 7.50. The van der Waals surface area contributed by atoms with Gasteiger partial charge in [-0.2, -0.15) is 0 Å². The van der Waals surface area contributed by atoms with Crippen LogP contribution in [0, 0.1) is 6.92 Å². The quantitative estimate of drug-likeness (QED) is 0.884. The molecule has 1 amide bonds. The van der Waals surface area contributed by atoms with E-state index in [0.29, 0.717) is 18.4 Å². The summed E-state index contributed by atoms with van der Waals surface area (Å²) in [5.41, 5.74) is 2.01. The van der Waals surface area contributed by atoms with E-state index in [0.717, 1.165) is 50.2 Å². The number of aromatic nitrogens is 2. The second kappa shape index (κ2) is 7.58. The Morgan fingerprint density at radius 3 is 2.62 bits per heavy atom. The second-order valence-electron chi connectivity index (χ2n) is 7.50. The van der Waals surface area contributed by atoms with E-state index < -0.39 is 0 Å². The first-order chi connectivity index (χ1) is 12.7. The summed E-state index contributed by atoms with van der Waals surface area (Å²) in [5, 5.41) is 11.5. The number of aryl methyl sites for hydroxylation is 1. The van der Waals surface area contributed by atoms with Gasteiger partial charge in [0.1, 0.15) is 0 Å². The molecule has 0 unspecified atom stereocenters. The van der Waals surface area contributed by atoms with E-state index in [-0.39, 0.29) is 11.9 Å². The molecule has 0 spiro atoms. The summed E-state index contributed by atoms with van der Waals surface area (Å²) in [4.78, 5) is 14.7. The van der Waals surface area contributed by atoms with Gasteiger partial charge in [0.05, 0.1) is 12.6 Å². The standard InChI is InChI=1S/C20H26N4O2/c1-14-8-10-16(11-9-14)21-18(25)13-24-12-3-2-7-17(24)20-23-22-19(26-20)15-5-4-6-15/h8-11,15,17H,2-7,12-13H2,1H3,(H,21,25)/t17-/m1/s1. The fraction of sp³-hybridized carbons (Fsp3) is 0.550. The number of benzene rings is 1. The minimum Gasteiger partial charge on any atom is -0.423 e. The van der Waals surface area contributed by atoms with Gasteiger partial charge in [-0.1, -0.05) is 30.5 Å². The van der Waals surface area contributed by atoms with E-state index >= 15 is 0 Å². The van der Waals surface area contributed by atoms with E-state index in [1.165, 1.54) is 12.0 Å². The van der Waals surface area contributed by atoms with Gasteiger partial charge >= 0.3 is 0 Å². The van der Waals surface area contributed by atoms with Gasteiger partial charge in [-0.3, -0.25) is 9.69 Å². The number of carbonyl (C=O) groups excluding carboxylic acids is 1. The van der Waals surface area contributed by atoms with Crippen molar-refractivity contribution < 1.29 is 9.21 Å². The SMILES string of the molecule is Cc1ccc(NC(=O)CN2CCCC[C@@H]2c2nnc(C3CCC3)o2)cc1. The third kappa shape index (κ3) is 3.80. The number of hydrogen-bond acceptors (Lipinski definition) is 5. The van der Waals surface area contributed by atoms with Crippen LogP contribution in [0.5, 0.6) is 0 Å². The Balaban J connectivity index is 1.41. The lowest BCUT2D eigenvalue weighted by Gasteiger charge is -2.32. The molecular formula is C20H26N4O2. The van der Waals surface area contributed by atoms with Gasteiger partial charge in [0, 0.05) is 11.6 Å². The third-order valence-electron chi connectivity index (χ3n) is 5.49. The summed E-state index contributed by atoms with van der Waals surface area (Å²) < 4.78 is 5.97. The molecule has 1 aromatic heterocycles. The van der Waals surface area contributed by atoms with Crippen LogP contribution in [0.4, 0.5) is 5.69 Å².